The number of benzene rings is 2. The number of hydrogen-bond donors (Lipinski definition) is 1. The smallest absolute Gasteiger partial charge is 0.163 e. The van der Waals surface area contributed by atoms with Crippen molar-refractivity contribution < 1.29 is 4.79 Å². The molecular weight excluding hydrogens is 320 g/mol. The second kappa shape index (κ2) is 6.96. The lowest BCUT2D eigenvalue weighted by Crippen LogP contribution is -2.09. The van der Waals surface area contributed by atoms with E-state index >= 15 is 0 Å². The van der Waals surface area contributed by atoms with Crippen LogP contribution in [0.3, 0.4) is 0 Å². The number of pyridine rings is 1. The molecule has 0 fully saturated rings. The molecule has 4 rings (SSSR count). The van der Waals surface area contributed by atoms with E-state index in [9.17, 15) is 4.79 Å². The molecule has 0 unspecified atom stereocenters. The zero-order chi connectivity index (χ0) is 17.9. The molecule has 26 heavy (non-hydrogen) atoms. The van der Waals surface area contributed by atoms with Gasteiger partial charge in [0.2, 0.25) is 0 Å². The van der Waals surface area contributed by atoms with Gasteiger partial charge in [-0.2, -0.15) is 0 Å². The summed E-state index contributed by atoms with van der Waals surface area (Å²) in [6.07, 6.45) is 4.03. The summed E-state index contributed by atoms with van der Waals surface area (Å²) in [5.74, 6) is 0.135. The Bertz CT molecular complexity index is 996. The van der Waals surface area contributed by atoms with Crippen LogP contribution in [0, 0.1) is 6.92 Å². The Morgan fingerprint density at radius 2 is 1.81 bits per heavy atom. The van der Waals surface area contributed by atoms with Crippen molar-refractivity contribution in [3.05, 3.63) is 102 Å². The van der Waals surface area contributed by atoms with Gasteiger partial charge in [-0.05, 0) is 41.6 Å². The maximum Gasteiger partial charge on any atom is 0.163 e. The molecule has 128 valence electrons. The van der Waals surface area contributed by atoms with E-state index in [1.807, 2.05) is 61.7 Å². The third-order valence-electron chi connectivity index (χ3n) is 4.76. The number of Topliss-reactive ketones (excluding diaryl/α,β-unsaturated/α-hetero) is 1. The molecule has 0 saturated heterocycles. The molecule has 3 heteroatoms. The van der Waals surface area contributed by atoms with Gasteiger partial charge < -0.3 is 4.98 Å². The van der Waals surface area contributed by atoms with Gasteiger partial charge in [0, 0.05) is 41.5 Å². The number of nitrogens with zero attached hydrogens (tertiary/aromatic N) is 1. The normalized spacial score (nSPS) is 12.2. The summed E-state index contributed by atoms with van der Waals surface area (Å²) in [4.78, 5) is 20.6. The quantitative estimate of drug-likeness (QED) is 0.503. The van der Waals surface area contributed by atoms with Crippen molar-refractivity contribution in [2.75, 3.05) is 0 Å². The number of hydrogen-bond acceptors (Lipinski definition) is 2. The Balaban J connectivity index is 1.67. The van der Waals surface area contributed by atoms with Gasteiger partial charge in [0.15, 0.2) is 5.78 Å². The van der Waals surface area contributed by atoms with Gasteiger partial charge in [-0.3, -0.25) is 9.78 Å². The van der Waals surface area contributed by atoms with E-state index in [4.69, 9.17) is 0 Å². The Kier molecular flexibility index (Phi) is 4.36. The highest BCUT2D eigenvalue weighted by Gasteiger charge is 2.19. The topological polar surface area (TPSA) is 45.8 Å². The summed E-state index contributed by atoms with van der Waals surface area (Å²) in [6.45, 7) is 2.02. The van der Waals surface area contributed by atoms with Crippen LogP contribution in [0.4, 0.5) is 0 Å². The molecule has 0 radical (unpaired) electrons. The Morgan fingerprint density at radius 1 is 1.00 bits per heavy atom. The first kappa shape index (κ1) is 16.3. The maximum absolute atomic E-state index is 13.0. The van der Waals surface area contributed by atoms with E-state index in [-0.39, 0.29) is 11.7 Å². The predicted octanol–water partition coefficient (Wildman–Crippen LogP) is 5.28. The highest BCUT2D eigenvalue weighted by atomic mass is 16.1. The summed E-state index contributed by atoms with van der Waals surface area (Å²) in [7, 11) is 0. The number of aromatic nitrogens is 2. The summed E-state index contributed by atoms with van der Waals surface area (Å²) in [5, 5.41) is 1.13. The second-order valence-electron chi connectivity index (χ2n) is 6.63. The fourth-order valence-electron chi connectivity index (χ4n) is 3.44. The molecule has 0 spiro atoms. The first-order chi connectivity index (χ1) is 12.7. The van der Waals surface area contributed by atoms with Crippen molar-refractivity contribution in [3.8, 4) is 0 Å². The molecule has 3 nitrogen and oxygen atoms in total. The van der Waals surface area contributed by atoms with Crippen LogP contribution in [0.15, 0.2) is 79.1 Å². The van der Waals surface area contributed by atoms with Crippen LogP contribution in [0.25, 0.3) is 10.9 Å². The van der Waals surface area contributed by atoms with Crippen LogP contribution in [-0.4, -0.2) is 15.8 Å². The van der Waals surface area contributed by atoms with Crippen LogP contribution in [0.5, 0.6) is 0 Å². The lowest BCUT2D eigenvalue weighted by Gasteiger charge is -2.17. The van der Waals surface area contributed by atoms with Crippen LogP contribution >= 0.6 is 0 Å². The zero-order valence-electron chi connectivity index (χ0n) is 14.6. The van der Waals surface area contributed by atoms with E-state index in [0.717, 1.165) is 33.3 Å². The lowest BCUT2D eigenvalue weighted by molar-refractivity contribution is 0.0977. The average Bonchev–Trinajstić information content (AvgIpc) is 3.06. The van der Waals surface area contributed by atoms with Crippen LogP contribution < -0.4 is 0 Å². The molecule has 0 aliphatic carbocycles. The molecule has 4 aromatic rings. The minimum atomic E-state index is -0.00141. The van der Waals surface area contributed by atoms with Gasteiger partial charge in [0.1, 0.15) is 0 Å². The minimum Gasteiger partial charge on any atom is -0.359 e. The Morgan fingerprint density at radius 3 is 2.58 bits per heavy atom. The fourth-order valence-corrected chi connectivity index (χ4v) is 3.44. The van der Waals surface area contributed by atoms with Crippen molar-refractivity contribution >= 4 is 16.7 Å². The van der Waals surface area contributed by atoms with Crippen molar-refractivity contribution in [2.45, 2.75) is 19.3 Å². The lowest BCUT2D eigenvalue weighted by atomic mass is 9.86. The molecule has 1 N–H and O–H groups in total. The van der Waals surface area contributed by atoms with Gasteiger partial charge in [0.05, 0.1) is 0 Å². The van der Waals surface area contributed by atoms with Crippen molar-refractivity contribution in [2.24, 2.45) is 0 Å². The number of H-pyrrole nitrogens is 1. The van der Waals surface area contributed by atoms with Gasteiger partial charge >= 0.3 is 0 Å². The highest BCUT2D eigenvalue weighted by molar-refractivity contribution is 6.00. The molecule has 0 bridgehead atoms. The molecule has 0 amide bonds. The zero-order valence-corrected chi connectivity index (χ0v) is 14.6. The number of nitrogens with one attached hydrogen (secondary N) is 1. The van der Waals surface area contributed by atoms with Gasteiger partial charge in [-0.1, -0.05) is 48.5 Å². The standard InChI is InChI=1S/C23H20N2O/c1-16-12-18-9-10-19(13-22(18)25-16)23(26)14-21(17-6-3-2-4-7-17)20-8-5-11-24-15-20/h2-13,15,21,25H,14H2,1H3/t21-/m1/s1. The first-order valence-corrected chi connectivity index (χ1v) is 8.78. The molecular formula is C23H20N2O. The first-order valence-electron chi connectivity index (χ1n) is 8.78. The van der Waals surface area contributed by atoms with E-state index in [2.05, 4.69) is 28.2 Å². The van der Waals surface area contributed by atoms with Crippen molar-refractivity contribution in [1.82, 2.24) is 9.97 Å². The molecule has 0 aliphatic rings. The summed E-state index contributed by atoms with van der Waals surface area (Å²) in [5.41, 5.74) is 5.03. The molecule has 0 aliphatic heterocycles. The van der Waals surface area contributed by atoms with Crippen LogP contribution in [0.2, 0.25) is 0 Å². The van der Waals surface area contributed by atoms with Crippen molar-refractivity contribution in [3.63, 3.8) is 0 Å². The summed E-state index contributed by atoms with van der Waals surface area (Å²) in [6, 6.07) is 22.1. The van der Waals surface area contributed by atoms with Gasteiger partial charge in [0.25, 0.3) is 0 Å². The molecule has 2 heterocycles. The number of fused-ring (bicyclic) bond motifs is 1. The number of ketones is 1. The number of aromatic amines is 1. The van der Waals surface area contributed by atoms with Crippen LogP contribution in [-0.2, 0) is 0 Å². The molecule has 0 saturated carbocycles. The SMILES string of the molecule is Cc1cc2ccc(C(=O)C[C@H](c3ccccc3)c3cccnc3)cc2[nH]1. The number of carbonyl (C=O) groups excluding carboxylic acids is 1. The third kappa shape index (κ3) is 3.29. The minimum absolute atomic E-state index is 0.00141. The monoisotopic (exact) mass is 340 g/mol. The number of rotatable bonds is 5. The maximum atomic E-state index is 13.0. The Labute approximate surface area is 152 Å². The Hall–Kier alpha value is -3.20. The van der Waals surface area contributed by atoms with E-state index in [0.29, 0.717) is 6.42 Å². The molecule has 2 aromatic carbocycles. The van der Waals surface area contributed by atoms with Gasteiger partial charge in [-0.25, -0.2) is 0 Å². The van der Waals surface area contributed by atoms with Gasteiger partial charge in [-0.15, -0.1) is 0 Å². The third-order valence-corrected chi connectivity index (χ3v) is 4.76. The average molecular weight is 340 g/mol. The fraction of sp³-hybridized carbons (Fsp3) is 0.130. The second-order valence-corrected chi connectivity index (χ2v) is 6.63. The van der Waals surface area contributed by atoms with E-state index < -0.39 is 0 Å². The highest BCUT2D eigenvalue weighted by Crippen LogP contribution is 2.29. The number of aryl methyl sites for hydroxylation is 1. The van der Waals surface area contributed by atoms with E-state index in [1.54, 1.807) is 6.20 Å². The number of carbonyl (C=O) groups is 1. The predicted molar refractivity (Wildman–Crippen MR) is 105 cm³/mol. The van der Waals surface area contributed by atoms with Crippen molar-refractivity contribution in [1.29, 1.82) is 0 Å². The largest absolute Gasteiger partial charge is 0.359 e. The molecule has 2 aromatic heterocycles. The van der Waals surface area contributed by atoms with E-state index in [1.165, 1.54) is 0 Å². The molecule has 1 atom stereocenters. The summed E-state index contributed by atoms with van der Waals surface area (Å²) < 4.78 is 0. The van der Waals surface area contributed by atoms with Crippen LogP contribution in [0.1, 0.15) is 39.5 Å². The summed E-state index contributed by atoms with van der Waals surface area (Å²) >= 11 is 0.